The molecule has 2 amide bonds. The van der Waals surface area contributed by atoms with Crippen molar-refractivity contribution >= 4 is 23.6 Å². The summed E-state index contributed by atoms with van der Waals surface area (Å²) in [6.07, 6.45) is 0.319. The maximum atomic E-state index is 13.2. The van der Waals surface area contributed by atoms with Crippen LogP contribution in [0.25, 0.3) is 0 Å². The minimum Gasteiger partial charge on any atom is -0.352 e. The molecule has 2 aromatic carbocycles. The van der Waals surface area contributed by atoms with E-state index in [2.05, 4.69) is 5.32 Å². The Morgan fingerprint density at radius 1 is 1.04 bits per heavy atom. The molecule has 0 aliphatic rings. The van der Waals surface area contributed by atoms with E-state index in [0.717, 1.165) is 10.5 Å². The molecule has 0 saturated carbocycles. The predicted octanol–water partition coefficient (Wildman–Crippen LogP) is 4.25. The van der Waals surface area contributed by atoms with Crippen LogP contribution in [-0.2, 0) is 16.1 Å². The lowest BCUT2D eigenvalue weighted by molar-refractivity contribution is -0.140. The zero-order chi connectivity index (χ0) is 20.5. The molecule has 0 aliphatic heterocycles. The van der Waals surface area contributed by atoms with Crippen molar-refractivity contribution in [2.45, 2.75) is 50.7 Å². The molecule has 1 atom stereocenters. The third-order valence-corrected chi connectivity index (χ3v) is 5.21. The number of benzene rings is 2. The predicted molar refractivity (Wildman–Crippen MR) is 111 cm³/mol. The highest BCUT2D eigenvalue weighted by atomic mass is 32.2. The van der Waals surface area contributed by atoms with Gasteiger partial charge in [0.15, 0.2) is 0 Å². The minimum atomic E-state index is -0.610. The lowest BCUT2D eigenvalue weighted by atomic mass is 10.1. The molecule has 0 saturated heterocycles. The molecular formula is C22H27FN2O2S. The van der Waals surface area contributed by atoms with Crippen LogP contribution in [0.15, 0.2) is 59.5 Å². The van der Waals surface area contributed by atoms with Crippen molar-refractivity contribution in [1.82, 2.24) is 10.2 Å². The molecule has 0 fully saturated rings. The van der Waals surface area contributed by atoms with E-state index in [1.807, 2.05) is 44.2 Å². The Kier molecular flexibility index (Phi) is 8.51. The Morgan fingerprint density at radius 3 is 2.29 bits per heavy atom. The number of nitrogens with one attached hydrogen (secondary N) is 1. The molecule has 4 nitrogen and oxygen atoms in total. The summed E-state index contributed by atoms with van der Waals surface area (Å²) in [5.41, 5.74) is 0.787. The number of hydrogen-bond acceptors (Lipinski definition) is 3. The van der Waals surface area contributed by atoms with Crippen LogP contribution < -0.4 is 5.32 Å². The van der Waals surface area contributed by atoms with Gasteiger partial charge in [-0.15, -0.1) is 11.8 Å². The second-order valence-electron chi connectivity index (χ2n) is 6.90. The number of nitrogens with zero attached hydrogens (tertiary/aromatic N) is 1. The summed E-state index contributed by atoms with van der Waals surface area (Å²) in [4.78, 5) is 28.0. The van der Waals surface area contributed by atoms with E-state index in [0.29, 0.717) is 12.2 Å². The number of halogens is 1. The molecule has 0 aromatic heterocycles. The van der Waals surface area contributed by atoms with Crippen LogP contribution in [0.3, 0.4) is 0 Å². The van der Waals surface area contributed by atoms with Gasteiger partial charge in [-0.3, -0.25) is 9.59 Å². The maximum Gasteiger partial charge on any atom is 0.242 e. The molecule has 0 radical (unpaired) electrons. The second kappa shape index (κ2) is 10.9. The van der Waals surface area contributed by atoms with Crippen molar-refractivity contribution in [3.63, 3.8) is 0 Å². The van der Waals surface area contributed by atoms with Gasteiger partial charge in [-0.1, -0.05) is 30.3 Å². The van der Waals surface area contributed by atoms with Crippen molar-refractivity contribution in [1.29, 1.82) is 0 Å². The van der Waals surface area contributed by atoms with Crippen molar-refractivity contribution < 1.29 is 14.0 Å². The first-order valence-corrected chi connectivity index (χ1v) is 10.4. The fourth-order valence-electron chi connectivity index (χ4n) is 2.69. The van der Waals surface area contributed by atoms with Crippen LogP contribution in [0.5, 0.6) is 0 Å². The molecule has 2 aromatic rings. The van der Waals surface area contributed by atoms with Gasteiger partial charge < -0.3 is 10.2 Å². The third kappa shape index (κ3) is 7.00. The normalized spacial score (nSPS) is 11.9. The molecular weight excluding hydrogens is 375 g/mol. The first kappa shape index (κ1) is 22.0. The summed E-state index contributed by atoms with van der Waals surface area (Å²) < 4.78 is 13.2. The van der Waals surface area contributed by atoms with Gasteiger partial charge >= 0.3 is 0 Å². The summed E-state index contributed by atoms with van der Waals surface area (Å²) in [5.74, 6) is 0.00759. The molecule has 0 heterocycles. The van der Waals surface area contributed by atoms with Crippen molar-refractivity contribution in [2.24, 2.45) is 0 Å². The molecule has 6 heteroatoms. The summed E-state index contributed by atoms with van der Waals surface area (Å²) in [6.45, 7) is 5.76. The van der Waals surface area contributed by atoms with Gasteiger partial charge in [-0.05, 0) is 50.6 Å². The topological polar surface area (TPSA) is 49.4 Å². The fraction of sp³-hybridized carbons (Fsp3) is 0.364. The SMILES string of the molecule is CC(C)NC(=O)[C@@H](C)N(Cc1ccc(F)cc1)C(=O)CCSc1ccccc1. The first-order chi connectivity index (χ1) is 13.4. The molecule has 28 heavy (non-hydrogen) atoms. The number of hydrogen-bond donors (Lipinski definition) is 1. The summed E-state index contributed by atoms with van der Waals surface area (Å²) in [6, 6.07) is 15.3. The standard InChI is InChI=1S/C22H27FN2O2S/c1-16(2)24-22(27)17(3)25(15-18-9-11-19(23)12-10-18)21(26)13-14-28-20-7-5-4-6-8-20/h4-12,16-17H,13-15H2,1-3H3,(H,24,27)/t17-/m1/s1. The first-order valence-electron chi connectivity index (χ1n) is 9.39. The molecule has 0 spiro atoms. The highest BCUT2D eigenvalue weighted by molar-refractivity contribution is 7.99. The molecule has 2 rings (SSSR count). The zero-order valence-corrected chi connectivity index (χ0v) is 17.3. The van der Waals surface area contributed by atoms with E-state index in [1.165, 1.54) is 12.1 Å². The van der Waals surface area contributed by atoms with Crippen molar-refractivity contribution in [2.75, 3.05) is 5.75 Å². The van der Waals surface area contributed by atoms with Gasteiger partial charge in [0.1, 0.15) is 11.9 Å². The zero-order valence-electron chi connectivity index (χ0n) is 16.5. The lowest BCUT2D eigenvalue weighted by Gasteiger charge is -2.29. The molecule has 0 bridgehead atoms. The van der Waals surface area contributed by atoms with Crippen molar-refractivity contribution in [3.05, 3.63) is 66.0 Å². The number of rotatable bonds is 9. The van der Waals surface area contributed by atoms with Crippen LogP contribution >= 0.6 is 11.8 Å². The fourth-order valence-corrected chi connectivity index (χ4v) is 3.55. The third-order valence-electron chi connectivity index (χ3n) is 4.19. The highest BCUT2D eigenvalue weighted by Gasteiger charge is 2.26. The van der Waals surface area contributed by atoms with Crippen LogP contribution in [0.1, 0.15) is 32.8 Å². The number of carbonyl (C=O) groups excluding carboxylic acids is 2. The summed E-state index contributed by atoms with van der Waals surface area (Å²) >= 11 is 1.61. The van der Waals surface area contributed by atoms with E-state index < -0.39 is 6.04 Å². The van der Waals surface area contributed by atoms with E-state index in [4.69, 9.17) is 0 Å². The average molecular weight is 403 g/mol. The van der Waals surface area contributed by atoms with Crippen molar-refractivity contribution in [3.8, 4) is 0 Å². The largest absolute Gasteiger partial charge is 0.352 e. The van der Waals surface area contributed by atoms with Gasteiger partial charge in [0.2, 0.25) is 11.8 Å². The van der Waals surface area contributed by atoms with E-state index in [-0.39, 0.29) is 30.2 Å². The Morgan fingerprint density at radius 2 is 1.68 bits per heavy atom. The Hall–Kier alpha value is -2.34. The minimum absolute atomic E-state index is 0.00800. The smallest absolute Gasteiger partial charge is 0.242 e. The second-order valence-corrected chi connectivity index (χ2v) is 8.07. The van der Waals surface area contributed by atoms with E-state index in [9.17, 15) is 14.0 Å². The Balaban J connectivity index is 2.05. The number of thioether (sulfide) groups is 1. The molecule has 150 valence electrons. The lowest BCUT2D eigenvalue weighted by Crippen LogP contribution is -2.49. The highest BCUT2D eigenvalue weighted by Crippen LogP contribution is 2.19. The van der Waals surface area contributed by atoms with Gasteiger partial charge in [0.25, 0.3) is 0 Å². The van der Waals surface area contributed by atoms with Crippen LogP contribution in [0.2, 0.25) is 0 Å². The number of carbonyl (C=O) groups is 2. The molecule has 0 aliphatic carbocycles. The monoisotopic (exact) mass is 402 g/mol. The van der Waals surface area contributed by atoms with E-state index >= 15 is 0 Å². The number of amides is 2. The van der Waals surface area contributed by atoms with Gasteiger partial charge in [-0.25, -0.2) is 4.39 Å². The van der Waals surface area contributed by atoms with Crippen LogP contribution in [-0.4, -0.2) is 34.6 Å². The van der Waals surface area contributed by atoms with Crippen LogP contribution in [0.4, 0.5) is 4.39 Å². The molecule has 1 N–H and O–H groups in total. The van der Waals surface area contributed by atoms with E-state index in [1.54, 1.807) is 35.7 Å². The Bertz CT molecular complexity index is 766. The average Bonchev–Trinajstić information content (AvgIpc) is 2.67. The summed E-state index contributed by atoms with van der Waals surface area (Å²) in [5, 5.41) is 2.86. The van der Waals surface area contributed by atoms with Gasteiger partial charge in [-0.2, -0.15) is 0 Å². The van der Waals surface area contributed by atoms with Gasteiger partial charge in [0.05, 0.1) is 0 Å². The van der Waals surface area contributed by atoms with Crippen LogP contribution in [0, 0.1) is 5.82 Å². The molecule has 0 unspecified atom stereocenters. The Labute approximate surface area is 170 Å². The quantitative estimate of drug-likeness (QED) is 0.638. The van der Waals surface area contributed by atoms with Gasteiger partial charge in [0, 0.05) is 29.7 Å². The summed E-state index contributed by atoms with van der Waals surface area (Å²) in [7, 11) is 0. The maximum absolute atomic E-state index is 13.2.